The van der Waals surface area contributed by atoms with Crippen LogP contribution >= 0.6 is 0 Å². The Bertz CT molecular complexity index is 890. The minimum absolute atomic E-state index is 0.142. The van der Waals surface area contributed by atoms with E-state index < -0.39 is 28.6 Å². The Morgan fingerprint density at radius 3 is 2.45 bits per heavy atom. The molecule has 0 saturated carbocycles. The highest BCUT2D eigenvalue weighted by atomic mass is 16.6. The van der Waals surface area contributed by atoms with E-state index in [2.05, 4.69) is 5.32 Å². The van der Waals surface area contributed by atoms with Crippen LogP contribution in [0.1, 0.15) is 46.2 Å². The van der Waals surface area contributed by atoms with E-state index >= 15 is 0 Å². The molecule has 0 aliphatic carbocycles. The highest BCUT2D eigenvalue weighted by Gasteiger charge is 2.68. The van der Waals surface area contributed by atoms with Gasteiger partial charge in [0.2, 0.25) is 5.91 Å². The Hall–Kier alpha value is -2.61. The highest BCUT2D eigenvalue weighted by Crippen LogP contribution is 2.54. The van der Waals surface area contributed by atoms with Gasteiger partial charge in [-0.1, -0.05) is 30.3 Å². The molecular weight excluding hydrogens is 398 g/mol. The number of nitrogens with zero attached hydrogens (tertiary/aromatic N) is 2. The molecule has 1 aromatic carbocycles. The molecule has 3 aliphatic heterocycles. The van der Waals surface area contributed by atoms with E-state index in [1.54, 1.807) is 4.90 Å². The average Bonchev–Trinajstić information content (AvgIpc) is 3.18. The second-order valence-corrected chi connectivity index (χ2v) is 10.1. The van der Waals surface area contributed by atoms with Gasteiger partial charge in [0.1, 0.15) is 18.2 Å². The first kappa shape index (κ1) is 21.6. The molecule has 1 aromatic rings. The molecule has 1 N–H and O–H groups in total. The number of nitrogens with one attached hydrogen (secondary N) is 1. The topological polar surface area (TPSA) is 88.2 Å². The van der Waals surface area contributed by atoms with E-state index in [0.717, 1.165) is 5.56 Å². The van der Waals surface area contributed by atoms with Crippen molar-refractivity contribution < 1.29 is 23.9 Å². The Morgan fingerprint density at radius 1 is 1.19 bits per heavy atom. The number of imide groups is 1. The standard InChI is InChI=1S/C23H31N3O5/c1-15-22(5,23(12-24-15)13-25(14-23)19(28)31-21(2,3)4)18(27)26-17(11-30-20(26)29)16-9-7-6-8-10-16/h6-10,15,17,24H,11-14H2,1-5H3/t15-,17+,22?/m1/s1. The van der Waals surface area contributed by atoms with Crippen LogP contribution in [0, 0.1) is 10.8 Å². The summed E-state index contributed by atoms with van der Waals surface area (Å²) in [6.07, 6.45) is -0.993. The SMILES string of the molecule is C[C@H]1NCC2(CN(C(=O)OC(C)(C)C)C2)C1(C)C(=O)N1C(=O)OC[C@H]1c1ccccc1. The van der Waals surface area contributed by atoms with E-state index in [4.69, 9.17) is 9.47 Å². The Labute approximate surface area is 182 Å². The van der Waals surface area contributed by atoms with Gasteiger partial charge in [0, 0.05) is 31.1 Å². The third-order valence-corrected chi connectivity index (χ3v) is 7.07. The van der Waals surface area contributed by atoms with Crippen molar-refractivity contribution in [1.29, 1.82) is 0 Å². The van der Waals surface area contributed by atoms with E-state index in [1.165, 1.54) is 4.90 Å². The van der Waals surface area contributed by atoms with Crippen molar-refractivity contribution in [2.24, 2.45) is 10.8 Å². The predicted octanol–water partition coefficient (Wildman–Crippen LogP) is 2.94. The van der Waals surface area contributed by atoms with E-state index in [0.29, 0.717) is 19.6 Å². The Kier molecular flexibility index (Phi) is 5.04. The molecule has 4 rings (SSSR count). The van der Waals surface area contributed by atoms with Gasteiger partial charge in [0.25, 0.3) is 0 Å². The zero-order valence-corrected chi connectivity index (χ0v) is 18.8. The van der Waals surface area contributed by atoms with Gasteiger partial charge in [-0.25, -0.2) is 14.5 Å². The van der Waals surface area contributed by atoms with Crippen LogP contribution in [0.15, 0.2) is 30.3 Å². The molecular formula is C23H31N3O5. The fraction of sp³-hybridized carbons (Fsp3) is 0.609. The molecule has 3 heterocycles. The quantitative estimate of drug-likeness (QED) is 0.778. The molecule has 3 fully saturated rings. The number of benzene rings is 1. The van der Waals surface area contributed by atoms with Gasteiger partial charge < -0.3 is 19.7 Å². The van der Waals surface area contributed by atoms with Crippen molar-refractivity contribution in [2.45, 2.75) is 52.3 Å². The summed E-state index contributed by atoms with van der Waals surface area (Å²) in [5.74, 6) is -0.259. The van der Waals surface area contributed by atoms with Gasteiger partial charge in [-0.2, -0.15) is 0 Å². The molecule has 0 radical (unpaired) electrons. The number of carbonyl (C=O) groups excluding carboxylic acids is 3. The molecule has 0 bridgehead atoms. The molecule has 0 aromatic heterocycles. The minimum Gasteiger partial charge on any atom is -0.446 e. The highest BCUT2D eigenvalue weighted by molar-refractivity contribution is 5.98. The van der Waals surface area contributed by atoms with E-state index in [9.17, 15) is 14.4 Å². The van der Waals surface area contributed by atoms with Gasteiger partial charge in [-0.05, 0) is 40.2 Å². The largest absolute Gasteiger partial charge is 0.446 e. The summed E-state index contributed by atoms with van der Waals surface area (Å²) in [4.78, 5) is 42.0. The first-order valence-electron chi connectivity index (χ1n) is 10.8. The van der Waals surface area contributed by atoms with E-state index in [-0.39, 0.29) is 24.6 Å². The first-order chi connectivity index (χ1) is 14.5. The summed E-state index contributed by atoms with van der Waals surface area (Å²) >= 11 is 0. The van der Waals surface area contributed by atoms with Gasteiger partial charge in [0.05, 0.1) is 5.41 Å². The molecule has 8 nitrogen and oxygen atoms in total. The lowest BCUT2D eigenvalue weighted by molar-refractivity contribution is -0.155. The number of cyclic esters (lactones) is 1. The summed E-state index contributed by atoms with van der Waals surface area (Å²) < 4.78 is 10.8. The van der Waals surface area contributed by atoms with Gasteiger partial charge in [-0.3, -0.25) is 4.79 Å². The van der Waals surface area contributed by atoms with Crippen LogP contribution in [0.5, 0.6) is 0 Å². The molecule has 1 unspecified atom stereocenters. The normalized spacial score (nSPS) is 29.6. The fourth-order valence-corrected chi connectivity index (χ4v) is 5.00. The number of carbonyl (C=O) groups is 3. The molecule has 3 aliphatic rings. The van der Waals surface area contributed by atoms with Crippen LogP contribution in [0.4, 0.5) is 9.59 Å². The molecule has 3 saturated heterocycles. The maximum atomic E-state index is 13.9. The number of hydrogen-bond donors (Lipinski definition) is 1. The van der Waals surface area contributed by atoms with Crippen molar-refractivity contribution >= 4 is 18.1 Å². The van der Waals surface area contributed by atoms with Crippen molar-refractivity contribution in [3.63, 3.8) is 0 Å². The predicted molar refractivity (Wildman–Crippen MR) is 113 cm³/mol. The third-order valence-electron chi connectivity index (χ3n) is 7.07. The van der Waals surface area contributed by atoms with Crippen LogP contribution < -0.4 is 5.32 Å². The number of ether oxygens (including phenoxy) is 2. The number of rotatable bonds is 2. The van der Waals surface area contributed by atoms with Crippen LogP contribution in [0.3, 0.4) is 0 Å². The lowest BCUT2D eigenvalue weighted by Crippen LogP contribution is -2.69. The van der Waals surface area contributed by atoms with Crippen molar-refractivity contribution in [1.82, 2.24) is 15.1 Å². The Balaban J connectivity index is 1.59. The molecule has 31 heavy (non-hydrogen) atoms. The van der Waals surface area contributed by atoms with Gasteiger partial charge >= 0.3 is 12.2 Å². The van der Waals surface area contributed by atoms with Crippen LogP contribution in [-0.4, -0.2) is 65.8 Å². The van der Waals surface area contributed by atoms with Crippen LogP contribution in [-0.2, 0) is 14.3 Å². The maximum absolute atomic E-state index is 13.9. The zero-order valence-electron chi connectivity index (χ0n) is 18.8. The number of amides is 3. The third kappa shape index (κ3) is 3.37. The van der Waals surface area contributed by atoms with Crippen molar-refractivity contribution in [3.05, 3.63) is 35.9 Å². The number of hydrogen-bond acceptors (Lipinski definition) is 6. The lowest BCUT2D eigenvalue weighted by Gasteiger charge is -2.55. The molecule has 3 atom stereocenters. The average molecular weight is 430 g/mol. The minimum atomic E-state index is -0.873. The molecule has 8 heteroatoms. The Morgan fingerprint density at radius 2 is 1.84 bits per heavy atom. The second kappa shape index (κ2) is 7.22. The molecule has 168 valence electrons. The summed E-state index contributed by atoms with van der Waals surface area (Å²) in [5, 5.41) is 3.41. The summed E-state index contributed by atoms with van der Waals surface area (Å²) in [7, 11) is 0. The van der Waals surface area contributed by atoms with Crippen molar-refractivity contribution in [2.75, 3.05) is 26.2 Å². The summed E-state index contributed by atoms with van der Waals surface area (Å²) in [6, 6.07) is 8.84. The summed E-state index contributed by atoms with van der Waals surface area (Å²) in [5.41, 5.74) is -1.06. The fourth-order valence-electron chi connectivity index (χ4n) is 5.00. The maximum Gasteiger partial charge on any atom is 0.417 e. The lowest BCUT2D eigenvalue weighted by atomic mass is 9.59. The monoisotopic (exact) mass is 429 g/mol. The first-order valence-corrected chi connectivity index (χ1v) is 10.8. The number of likely N-dealkylation sites (tertiary alicyclic amines) is 1. The second-order valence-electron chi connectivity index (χ2n) is 10.1. The molecule has 1 spiro atoms. The smallest absolute Gasteiger partial charge is 0.417 e. The van der Waals surface area contributed by atoms with Crippen LogP contribution in [0.25, 0.3) is 0 Å². The zero-order chi connectivity index (χ0) is 22.6. The summed E-state index contributed by atoms with van der Waals surface area (Å²) in [6.45, 7) is 10.9. The van der Waals surface area contributed by atoms with Crippen molar-refractivity contribution in [3.8, 4) is 0 Å². The van der Waals surface area contributed by atoms with Gasteiger partial charge in [0.15, 0.2) is 0 Å². The molecule has 3 amide bonds. The van der Waals surface area contributed by atoms with Crippen LogP contribution in [0.2, 0.25) is 0 Å². The van der Waals surface area contributed by atoms with E-state index in [1.807, 2.05) is 65.0 Å². The van der Waals surface area contributed by atoms with Gasteiger partial charge in [-0.15, -0.1) is 0 Å².